The molecule has 24 heavy (non-hydrogen) atoms. The molecule has 0 unspecified atom stereocenters. The summed E-state index contributed by atoms with van der Waals surface area (Å²) in [6.45, 7) is 2.05. The predicted octanol–water partition coefficient (Wildman–Crippen LogP) is 2.25. The minimum Gasteiger partial charge on any atom is -0.491 e. The van der Waals surface area contributed by atoms with Crippen LogP contribution in [0.1, 0.15) is 5.56 Å². The number of aromatic nitrogens is 2. The maximum atomic E-state index is 11.8. The monoisotopic (exact) mass is 326 g/mol. The average Bonchev–Trinajstić information content (AvgIpc) is 2.96. The van der Waals surface area contributed by atoms with Crippen molar-refractivity contribution < 1.29 is 14.3 Å². The van der Waals surface area contributed by atoms with Crippen molar-refractivity contribution in [3.8, 4) is 17.2 Å². The Bertz CT molecular complexity index is 837. The Kier molecular flexibility index (Phi) is 4.77. The fourth-order valence-corrected chi connectivity index (χ4v) is 2.20. The second kappa shape index (κ2) is 7.14. The lowest BCUT2D eigenvalue weighted by Gasteiger charge is -2.11. The van der Waals surface area contributed by atoms with E-state index in [2.05, 4.69) is 5.10 Å². The summed E-state index contributed by atoms with van der Waals surface area (Å²) in [7, 11) is 0. The van der Waals surface area contributed by atoms with Gasteiger partial charge in [-0.3, -0.25) is 0 Å². The van der Waals surface area contributed by atoms with Gasteiger partial charge in [-0.2, -0.15) is 4.68 Å². The number of nitrogens with zero attached hydrogens (tertiary/aromatic N) is 2. The molecule has 3 aromatic rings. The molecule has 1 heterocycles. The number of hydrogen-bond acceptors (Lipinski definition) is 5. The van der Waals surface area contributed by atoms with E-state index in [1.165, 1.54) is 0 Å². The second-order valence-corrected chi connectivity index (χ2v) is 5.50. The van der Waals surface area contributed by atoms with Gasteiger partial charge in [-0.15, -0.1) is 5.10 Å². The van der Waals surface area contributed by atoms with Gasteiger partial charge in [-0.05, 0) is 31.2 Å². The molecule has 6 nitrogen and oxygen atoms in total. The third-order valence-corrected chi connectivity index (χ3v) is 3.47. The summed E-state index contributed by atoms with van der Waals surface area (Å²) in [5, 5.41) is 14.2. The van der Waals surface area contributed by atoms with E-state index >= 15 is 0 Å². The molecule has 3 rings (SSSR count). The lowest BCUT2D eigenvalue weighted by Crippen LogP contribution is -2.29. The largest absolute Gasteiger partial charge is 0.491 e. The van der Waals surface area contributed by atoms with Crippen molar-refractivity contribution >= 4 is 0 Å². The highest BCUT2D eigenvalue weighted by atomic mass is 16.5. The molecule has 2 aromatic carbocycles. The highest BCUT2D eigenvalue weighted by molar-refractivity contribution is 5.51. The van der Waals surface area contributed by atoms with Gasteiger partial charge in [0.05, 0.1) is 6.54 Å². The van der Waals surface area contributed by atoms with Gasteiger partial charge in [0.1, 0.15) is 18.5 Å². The Labute approximate surface area is 138 Å². The zero-order valence-corrected chi connectivity index (χ0v) is 13.3. The molecule has 124 valence electrons. The third-order valence-electron chi connectivity index (χ3n) is 3.47. The van der Waals surface area contributed by atoms with Crippen LogP contribution in [0.25, 0.3) is 11.5 Å². The van der Waals surface area contributed by atoms with E-state index in [1.807, 2.05) is 49.4 Å². The summed E-state index contributed by atoms with van der Waals surface area (Å²) >= 11 is 0. The molecule has 6 heteroatoms. The fourth-order valence-electron chi connectivity index (χ4n) is 2.20. The number of aliphatic hydroxyl groups excluding tert-OH is 1. The van der Waals surface area contributed by atoms with E-state index in [0.29, 0.717) is 11.3 Å². The number of ether oxygens (including phenoxy) is 1. The summed E-state index contributed by atoms with van der Waals surface area (Å²) in [6, 6.07) is 16.6. The van der Waals surface area contributed by atoms with Crippen LogP contribution in [0, 0.1) is 6.92 Å². The molecular weight excluding hydrogens is 308 g/mol. The number of aliphatic hydroxyl groups is 1. The lowest BCUT2D eigenvalue weighted by atomic mass is 10.2. The first-order valence-electron chi connectivity index (χ1n) is 7.63. The molecule has 0 bridgehead atoms. The van der Waals surface area contributed by atoms with Gasteiger partial charge in [-0.25, -0.2) is 4.79 Å². The molecule has 1 N–H and O–H groups in total. The molecule has 0 aliphatic heterocycles. The van der Waals surface area contributed by atoms with Gasteiger partial charge in [-0.1, -0.05) is 35.9 Å². The number of rotatable bonds is 6. The van der Waals surface area contributed by atoms with Crippen molar-refractivity contribution in [2.24, 2.45) is 0 Å². The van der Waals surface area contributed by atoms with Crippen LogP contribution in [0.4, 0.5) is 0 Å². The first kappa shape index (κ1) is 16.0. The number of benzene rings is 2. The summed E-state index contributed by atoms with van der Waals surface area (Å²) in [5.41, 5.74) is 1.84. The minimum absolute atomic E-state index is 0.00102. The molecule has 1 aromatic heterocycles. The van der Waals surface area contributed by atoms with Crippen LogP contribution in [0.2, 0.25) is 0 Å². The van der Waals surface area contributed by atoms with Gasteiger partial charge < -0.3 is 14.3 Å². The molecule has 0 spiro atoms. The first-order chi connectivity index (χ1) is 11.6. The van der Waals surface area contributed by atoms with Crippen LogP contribution < -0.4 is 10.5 Å². The third kappa shape index (κ3) is 3.91. The van der Waals surface area contributed by atoms with Crippen molar-refractivity contribution in [3.05, 3.63) is 70.7 Å². The maximum Gasteiger partial charge on any atom is 0.437 e. The van der Waals surface area contributed by atoms with Crippen LogP contribution >= 0.6 is 0 Å². The molecule has 0 aliphatic carbocycles. The molecule has 0 saturated heterocycles. The maximum absolute atomic E-state index is 11.8. The Hall–Kier alpha value is -2.86. The molecular formula is C18H18N2O4. The SMILES string of the molecule is Cc1ccc(OC[C@H](O)Cn2nc(-c3ccccc3)oc2=O)cc1. The summed E-state index contributed by atoms with van der Waals surface area (Å²) in [5.74, 6) is 0.285. The first-order valence-corrected chi connectivity index (χ1v) is 7.63. The topological polar surface area (TPSA) is 77.5 Å². The van der Waals surface area contributed by atoms with Crippen molar-refractivity contribution in [3.63, 3.8) is 0 Å². The van der Waals surface area contributed by atoms with Gasteiger partial charge in [0.25, 0.3) is 0 Å². The van der Waals surface area contributed by atoms with Crippen LogP contribution in [0.5, 0.6) is 5.75 Å². The Morgan fingerprint density at radius 1 is 1.17 bits per heavy atom. The smallest absolute Gasteiger partial charge is 0.437 e. The van der Waals surface area contributed by atoms with Gasteiger partial charge in [0, 0.05) is 5.56 Å². The fraction of sp³-hybridized carbons (Fsp3) is 0.222. The normalized spacial score (nSPS) is 12.1. The molecule has 0 fully saturated rings. The molecule has 1 atom stereocenters. The average molecular weight is 326 g/mol. The number of aryl methyl sites for hydroxylation is 1. The summed E-state index contributed by atoms with van der Waals surface area (Å²) in [6.07, 6.45) is -0.877. The van der Waals surface area contributed by atoms with Gasteiger partial charge in [0.15, 0.2) is 0 Å². The highest BCUT2D eigenvalue weighted by Gasteiger charge is 2.14. The van der Waals surface area contributed by atoms with Crippen molar-refractivity contribution in [1.29, 1.82) is 0 Å². The van der Waals surface area contributed by atoms with E-state index < -0.39 is 11.9 Å². The quantitative estimate of drug-likeness (QED) is 0.752. The highest BCUT2D eigenvalue weighted by Crippen LogP contribution is 2.14. The van der Waals surface area contributed by atoms with E-state index in [0.717, 1.165) is 10.2 Å². The zero-order chi connectivity index (χ0) is 16.9. The molecule has 0 saturated carbocycles. The van der Waals surface area contributed by atoms with E-state index in [1.54, 1.807) is 12.1 Å². The molecule has 0 radical (unpaired) electrons. The van der Waals surface area contributed by atoms with Crippen molar-refractivity contribution in [1.82, 2.24) is 9.78 Å². The minimum atomic E-state index is -0.877. The van der Waals surface area contributed by atoms with Crippen LogP contribution in [0.15, 0.2) is 63.8 Å². The Balaban J connectivity index is 1.62. The Morgan fingerprint density at radius 3 is 2.58 bits per heavy atom. The van der Waals surface area contributed by atoms with Crippen molar-refractivity contribution in [2.45, 2.75) is 19.6 Å². The van der Waals surface area contributed by atoms with Crippen LogP contribution in [0.3, 0.4) is 0 Å². The standard InChI is InChI=1S/C18H18N2O4/c1-13-7-9-16(10-8-13)23-12-15(21)11-20-18(22)24-17(19-20)14-5-3-2-4-6-14/h2-10,15,21H,11-12H2,1H3/t15-/m1/s1. The second-order valence-electron chi connectivity index (χ2n) is 5.50. The Morgan fingerprint density at radius 2 is 1.88 bits per heavy atom. The van der Waals surface area contributed by atoms with Gasteiger partial charge in [0.2, 0.25) is 5.89 Å². The molecule has 0 aliphatic rings. The van der Waals surface area contributed by atoms with E-state index in [4.69, 9.17) is 9.15 Å². The predicted molar refractivity (Wildman–Crippen MR) is 88.9 cm³/mol. The number of hydrogen-bond donors (Lipinski definition) is 1. The van der Waals surface area contributed by atoms with E-state index in [9.17, 15) is 9.90 Å². The summed E-state index contributed by atoms with van der Waals surface area (Å²) < 4.78 is 11.7. The van der Waals surface area contributed by atoms with Crippen LogP contribution in [-0.4, -0.2) is 27.6 Å². The van der Waals surface area contributed by atoms with Gasteiger partial charge >= 0.3 is 5.76 Å². The molecule has 0 amide bonds. The van der Waals surface area contributed by atoms with Crippen molar-refractivity contribution in [2.75, 3.05) is 6.61 Å². The zero-order valence-electron chi connectivity index (χ0n) is 13.3. The summed E-state index contributed by atoms with van der Waals surface area (Å²) in [4.78, 5) is 11.8. The lowest BCUT2D eigenvalue weighted by molar-refractivity contribution is 0.0875. The van der Waals surface area contributed by atoms with Crippen LogP contribution in [-0.2, 0) is 6.54 Å². The van der Waals surface area contributed by atoms with E-state index in [-0.39, 0.29) is 19.0 Å².